The predicted molar refractivity (Wildman–Crippen MR) is 54.6 cm³/mol. The van der Waals surface area contributed by atoms with Gasteiger partial charge in [0.1, 0.15) is 5.56 Å². The number of nitrogens with zero attached hydrogens (tertiary/aromatic N) is 3. The molecule has 0 aliphatic rings. The van der Waals surface area contributed by atoms with E-state index in [4.69, 9.17) is 5.11 Å². The Bertz CT molecular complexity index is 510. The third-order valence-electron chi connectivity index (χ3n) is 2.27. The average Bonchev–Trinajstić information content (AvgIpc) is 2.71. The van der Waals surface area contributed by atoms with Crippen molar-refractivity contribution in [2.75, 3.05) is 0 Å². The molecule has 78 valence electrons. The molecule has 1 N–H and O–H groups in total. The molecule has 5 heteroatoms. The molecule has 0 unspecified atom stereocenters. The number of hydrogen-bond donors (Lipinski definition) is 1. The van der Waals surface area contributed by atoms with Crippen molar-refractivity contribution in [3.05, 3.63) is 30.2 Å². The largest absolute Gasteiger partial charge is 0.478 e. The lowest BCUT2D eigenvalue weighted by molar-refractivity contribution is 0.0697. The van der Waals surface area contributed by atoms with Crippen LogP contribution >= 0.6 is 0 Å². The van der Waals surface area contributed by atoms with Gasteiger partial charge in [0.25, 0.3) is 0 Å². The number of aromatic nitrogens is 3. The molecule has 2 aromatic heterocycles. The van der Waals surface area contributed by atoms with Crippen LogP contribution in [0.1, 0.15) is 10.4 Å². The van der Waals surface area contributed by atoms with Gasteiger partial charge in [-0.05, 0) is 6.07 Å². The van der Waals surface area contributed by atoms with Crippen LogP contribution in [0.4, 0.5) is 0 Å². The van der Waals surface area contributed by atoms with Crippen LogP contribution in [0.15, 0.2) is 24.7 Å². The van der Waals surface area contributed by atoms with Crippen molar-refractivity contribution in [1.29, 1.82) is 0 Å². The minimum Gasteiger partial charge on any atom is -0.478 e. The fraction of sp³-hybridized carbons (Fsp3) is 0.200. The molecule has 0 aromatic carbocycles. The Hall–Kier alpha value is -2.04. The van der Waals surface area contributed by atoms with Crippen LogP contribution < -0.4 is 0 Å². The van der Waals surface area contributed by atoms with Gasteiger partial charge in [-0.1, -0.05) is 0 Å². The van der Waals surface area contributed by atoms with Crippen LogP contribution in [-0.4, -0.2) is 25.4 Å². The minimum absolute atomic E-state index is 0.226. The Labute approximate surface area is 86.6 Å². The van der Waals surface area contributed by atoms with Gasteiger partial charge in [-0.15, -0.1) is 0 Å². The average molecular weight is 205 g/mol. The molecule has 0 radical (unpaired) electrons. The van der Waals surface area contributed by atoms with E-state index in [1.165, 1.54) is 6.20 Å². The molecule has 5 nitrogen and oxygen atoms in total. The Balaban J connectivity index is 2.60. The summed E-state index contributed by atoms with van der Waals surface area (Å²) >= 11 is 0. The molecule has 0 aliphatic carbocycles. The maximum absolute atomic E-state index is 11.0. The van der Waals surface area contributed by atoms with Gasteiger partial charge >= 0.3 is 5.97 Å². The molecule has 0 amide bonds. The van der Waals surface area contributed by atoms with E-state index in [9.17, 15) is 4.79 Å². The molecule has 2 aromatic rings. The topological polar surface area (TPSA) is 60.1 Å². The van der Waals surface area contributed by atoms with Crippen LogP contribution in [0, 0.1) is 0 Å². The van der Waals surface area contributed by atoms with E-state index in [0.29, 0.717) is 5.69 Å². The lowest BCUT2D eigenvalue weighted by Crippen LogP contribution is -2.00. The van der Waals surface area contributed by atoms with E-state index < -0.39 is 5.97 Å². The monoisotopic (exact) mass is 205 g/mol. The third-order valence-corrected chi connectivity index (χ3v) is 2.27. The molecule has 0 atom stereocenters. The third kappa shape index (κ3) is 1.52. The maximum Gasteiger partial charge on any atom is 0.339 e. The molecule has 0 bridgehead atoms. The minimum atomic E-state index is -0.957. The molecule has 15 heavy (non-hydrogen) atoms. The fourth-order valence-electron chi connectivity index (χ4n) is 1.58. The molecule has 0 aliphatic heterocycles. The Kier molecular flexibility index (Phi) is 2.07. The quantitative estimate of drug-likeness (QED) is 0.799. The number of aromatic carboxylic acids is 1. The first-order valence-corrected chi connectivity index (χ1v) is 4.47. The van der Waals surface area contributed by atoms with Crippen molar-refractivity contribution < 1.29 is 9.90 Å². The number of carboxylic acids is 1. The van der Waals surface area contributed by atoms with Gasteiger partial charge in [0.2, 0.25) is 0 Å². The first-order chi connectivity index (χ1) is 7.09. The van der Waals surface area contributed by atoms with Gasteiger partial charge in [-0.25, -0.2) is 4.79 Å². The number of hydrogen-bond acceptors (Lipinski definition) is 2. The highest BCUT2D eigenvalue weighted by Gasteiger charge is 2.16. The molecule has 2 rings (SSSR count). The summed E-state index contributed by atoms with van der Waals surface area (Å²) in [6, 6.07) is 1.86. The lowest BCUT2D eigenvalue weighted by atomic mass is 10.1. The SMILES string of the molecule is Cn1ccc(-c2c(C(=O)O)cnn2C)c1. The number of rotatable bonds is 2. The smallest absolute Gasteiger partial charge is 0.339 e. The van der Waals surface area contributed by atoms with E-state index in [2.05, 4.69) is 5.10 Å². The van der Waals surface area contributed by atoms with Gasteiger partial charge in [0.05, 0.1) is 11.9 Å². The van der Waals surface area contributed by atoms with Gasteiger partial charge in [0, 0.05) is 32.1 Å². The van der Waals surface area contributed by atoms with Crippen LogP contribution in [0.2, 0.25) is 0 Å². The zero-order valence-corrected chi connectivity index (χ0v) is 8.51. The standard InChI is InChI=1S/C10H11N3O2/c1-12-4-3-7(6-12)9-8(10(14)15)5-11-13(9)2/h3-6H,1-2H3,(H,14,15). The second-order valence-corrected chi connectivity index (χ2v) is 3.40. The normalized spacial score (nSPS) is 10.5. The molecular weight excluding hydrogens is 194 g/mol. The molecule has 2 heterocycles. The van der Waals surface area contributed by atoms with E-state index in [0.717, 1.165) is 5.56 Å². The molecule has 0 fully saturated rings. The summed E-state index contributed by atoms with van der Waals surface area (Å²) < 4.78 is 3.44. The first kappa shape index (κ1) is 9.51. The van der Waals surface area contributed by atoms with Crippen LogP contribution in [0.25, 0.3) is 11.3 Å². The van der Waals surface area contributed by atoms with Crippen LogP contribution in [0.5, 0.6) is 0 Å². The summed E-state index contributed by atoms with van der Waals surface area (Å²) in [5, 5.41) is 12.9. The summed E-state index contributed by atoms with van der Waals surface area (Å²) in [4.78, 5) is 11.0. The zero-order chi connectivity index (χ0) is 11.0. The molecule has 0 saturated heterocycles. The summed E-state index contributed by atoms with van der Waals surface area (Å²) in [6.45, 7) is 0. The molecular formula is C10H11N3O2. The summed E-state index contributed by atoms with van der Waals surface area (Å²) in [6.07, 6.45) is 5.10. The highest BCUT2D eigenvalue weighted by atomic mass is 16.4. The maximum atomic E-state index is 11.0. The Morgan fingerprint density at radius 1 is 1.47 bits per heavy atom. The predicted octanol–water partition coefficient (Wildman–Crippen LogP) is 1.12. The van der Waals surface area contributed by atoms with E-state index in [-0.39, 0.29) is 5.56 Å². The number of carboxylic acid groups (broad SMARTS) is 1. The van der Waals surface area contributed by atoms with Gasteiger partial charge in [0.15, 0.2) is 0 Å². The van der Waals surface area contributed by atoms with Crippen molar-refractivity contribution >= 4 is 5.97 Å². The fourth-order valence-corrected chi connectivity index (χ4v) is 1.58. The second kappa shape index (κ2) is 3.27. The van der Waals surface area contributed by atoms with Crippen molar-refractivity contribution in [2.24, 2.45) is 14.1 Å². The van der Waals surface area contributed by atoms with Gasteiger partial charge < -0.3 is 9.67 Å². The van der Waals surface area contributed by atoms with E-state index in [1.54, 1.807) is 11.7 Å². The van der Waals surface area contributed by atoms with Gasteiger partial charge in [-0.2, -0.15) is 5.10 Å². The van der Waals surface area contributed by atoms with Crippen molar-refractivity contribution in [3.8, 4) is 11.3 Å². The summed E-state index contributed by atoms with van der Waals surface area (Å²) in [7, 11) is 3.62. The lowest BCUT2D eigenvalue weighted by Gasteiger charge is -2.00. The summed E-state index contributed by atoms with van der Waals surface area (Å²) in [5.74, 6) is -0.957. The second-order valence-electron chi connectivity index (χ2n) is 3.40. The van der Waals surface area contributed by atoms with Crippen molar-refractivity contribution in [3.63, 3.8) is 0 Å². The van der Waals surface area contributed by atoms with Crippen LogP contribution in [0.3, 0.4) is 0 Å². The van der Waals surface area contributed by atoms with E-state index >= 15 is 0 Å². The van der Waals surface area contributed by atoms with Crippen molar-refractivity contribution in [1.82, 2.24) is 14.3 Å². The van der Waals surface area contributed by atoms with Crippen LogP contribution in [-0.2, 0) is 14.1 Å². The Morgan fingerprint density at radius 2 is 2.20 bits per heavy atom. The highest BCUT2D eigenvalue weighted by molar-refractivity contribution is 5.94. The molecule has 0 saturated carbocycles. The van der Waals surface area contributed by atoms with Crippen molar-refractivity contribution in [2.45, 2.75) is 0 Å². The number of aryl methyl sites for hydroxylation is 2. The highest BCUT2D eigenvalue weighted by Crippen LogP contribution is 2.22. The number of carbonyl (C=O) groups is 1. The molecule has 0 spiro atoms. The first-order valence-electron chi connectivity index (χ1n) is 4.47. The Morgan fingerprint density at radius 3 is 2.73 bits per heavy atom. The zero-order valence-electron chi connectivity index (χ0n) is 8.51. The van der Waals surface area contributed by atoms with Gasteiger partial charge in [-0.3, -0.25) is 4.68 Å². The summed E-state index contributed by atoms with van der Waals surface area (Å²) in [5.41, 5.74) is 1.71. The van der Waals surface area contributed by atoms with E-state index in [1.807, 2.05) is 30.1 Å².